The van der Waals surface area contributed by atoms with E-state index in [1.54, 1.807) is 6.92 Å². The molecular formula is C14H27NO6S. The summed E-state index contributed by atoms with van der Waals surface area (Å²) >= 11 is 0. The van der Waals surface area contributed by atoms with Crippen LogP contribution in [0.5, 0.6) is 0 Å². The minimum Gasteiger partial charge on any atom is -0.464 e. The standard InChI is InChI=1S/C14H27NO6S/c1-3-5-6-7-8-9-13(16)15-12(14(17)21-4-2)10-11-22(18,19)20/h12H,3-11H2,1-2H3,(H,15,16)(H,18,19,20). The highest BCUT2D eigenvalue weighted by Crippen LogP contribution is 2.06. The number of carbonyl (C=O) groups excluding carboxylic acids is 2. The van der Waals surface area contributed by atoms with E-state index in [0.29, 0.717) is 0 Å². The molecule has 0 aromatic carbocycles. The highest BCUT2D eigenvalue weighted by atomic mass is 32.2. The number of unbranched alkanes of at least 4 members (excludes halogenated alkanes) is 4. The van der Waals surface area contributed by atoms with Gasteiger partial charge in [0.2, 0.25) is 5.91 Å². The predicted octanol–water partition coefficient (Wildman–Crippen LogP) is 1.67. The highest BCUT2D eigenvalue weighted by Gasteiger charge is 2.23. The Morgan fingerprint density at radius 3 is 2.32 bits per heavy atom. The molecule has 0 aliphatic carbocycles. The zero-order valence-corrected chi connectivity index (χ0v) is 14.2. The fourth-order valence-corrected chi connectivity index (χ4v) is 2.45. The third-order valence-corrected chi connectivity index (χ3v) is 3.83. The molecule has 0 heterocycles. The van der Waals surface area contributed by atoms with Gasteiger partial charge in [-0.3, -0.25) is 9.35 Å². The average Bonchev–Trinajstić information content (AvgIpc) is 2.42. The Labute approximate surface area is 132 Å². The van der Waals surface area contributed by atoms with Crippen molar-refractivity contribution in [3.05, 3.63) is 0 Å². The van der Waals surface area contributed by atoms with Gasteiger partial charge in [0, 0.05) is 6.42 Å². The Bertz CT molecular complexity index is 435. The van der Waals surface area contributed by atoms with Gasteiger partial charge in [-0.1, -0.05) is 32.6 Å². The first-order valence-corrected chi connectivity index (χ1v) is 9.32. The Balaban J connectivity index is 4.31. The van der Waals surface area contributed by atoms with E-state index in [0.717, 1.165) is 32.1 Å². The quantitative estimate of drug-likeness (QED) is 0.318. The average molecular weight is 337 g/mol. The monoisotopic (exact) mass is 337 g/mol. The summed E-state index contributed by atoms with van der Waals surface area (Å²) in [5.41, 5.74) is 0. The van der Waals surface area contributed by atoms with Crippen molar-refractivity contribution in [1.29, 1.82) is 0 Å². The van der Waals surface area contributed by atoms with Gasteiger partial charge in [-0.2, -0.15) is 8.42 Å². The Morgan fingerprint density at radius 1 is 1.14 bits per heavy atom. The second-order valence-corrected chi connectivity index (χ2v) is 6.68. The van der Waals surface area contributed by atoms with Gasteiger partial charge in [0.25, 0.3) is 10.1 Å². The summed E-state index contributed by atoms with van der Waals surface area (Å²) in [6, 6.07) is -1.05. The lowest BCUT2D eigenvalue weighted by molar-refractivity contribution is -0.147. The lowest BCUT2D eigenvalue weighted by Crippen LogP contribution is -2.42. The summed E-state index contributed by atoms with van der Waals surface area (Å²) in [6.07, 6.45) is 5.04. The molecule has 1 unspecified atom stereocenters. The molecule has 0 aliphatic heterocycles. The number of carbonyl (C=O) groups is 2. The van der Waals surface area contributed by atoms with Crippen molar-refractivity contribution in [2.75, 3.05) is 12.4 Å². The number of ether oxygens (including phenoxy) is 1. The summed E-state index contributed by atoms with van der Waals surface area (Å²) in [4.78, 5) is 23.5. The van der Waals surface area contributed by atoms with Crippen LogP contribution in [0.25, 0.3) is 0 Å². The topological polar surface area (TPSA) is 110 Å². The first-order chi connectivity index (χ1) is 10.3. The normalized spacial score (nSPS) is 12.7. The van der Waals surface area contributed by atoms with Crippen LogP contribution in [0.3, 0.4) is 0 Å². The molecule has 0 aromatic rings. The Morgan fingerprint density at radius 2 is 1.77 bits per heavy atom. The molecule has 2 N–H and O–H groups in total. The van der Waals surface area contributed by atoms with Crippen molar-refractivity contribution in [2.24, 2.45) is 0 Å². The van der Waals surface area contributed by atoms with Crippen molar-refractivity contribution in [3.63, 3.8) is 0 Å². The highest BCUT2D eigenvalue weighted by molar-refractivity contribution is 7.85. The van der Waals surface area contributed by atoms with E-state index >= 15 is 0 Å². The number of rotatable bonds is 12. The van der Waals surface area contributed by atoms with Crippen LogP contribution in [-0.4, -0.2) is 43.2 Å². The lowest BCUT2D eigenvalue weighted by Gasteiger charge is -2.16. The minimum atomic E-state index is -4.19. The molecule has 130 valence electrons. The van der Waals surface area contributed by atoms with Crippen LogP contribution in [0.15, 0.2) is 0 Å². The van der Waals surface area contributed by atoms with Gasteiger partial charge in [-0.05, 0) is 19.8 Å². The SMILES string of the molecule is CCCCCCCC(=O)NC(CCS(=O)(=O)O)C(=O)OCC. The molecule has 0 aromatic heterocycles. The molecule has 0 radical (unpaired) electrons. The van der Waals surface area contributed by atoms with Crippen molar-refractivity contribution in [3.8, 4) is 0 Å². The van der Waals surface area contributed by atoms with E-state index in [9.17, 15) is 18.0 Å². The first kappa shape index (κ1) is 20.9. The molecule has 1 atom stereocenters. The predicted molar refractivity (Wildman–Crippen MR) is 83.0 cm³/mol. The lowest BCUT2D eigenvalue weighted by atomic mass is 10.1. The van der Waals surface area contributed by atoms with Gasteiger partial charge >= 0.3 is 5.97 Å². The molecule has 7 nitrogen and oxygen atoms in total. The van der Waals surface area contributed by atoms with E-state index in [2.05, 4.69) is 12.2 Å². The molecule has 0 saturated carbocycles. The number of nitrogens with one attached hydrogen (secondary N) is 1. The van der Waals surface area contributed by atoms with Crippen LogP contribution in [0, 0.1) is 0 Å². The zero-order chi connectivity index (χ0) is 17.0. The van der Waals surface area contributed by atoms with Gasteiger partial charge in [-0.15, -0.1) is 0 Å². The zero-order valence-electron chi connectivity index (χ0n) is 13.3. The largest absolute Gasteiger partial charge is 0.464 e. The van der Waals surface area contributed by atoms with E-state index in [1.165, 1.54) is 0 Å². The summed E-state index contributed by atoms with van der Waals surface area (Å²) in [5, 5.41) is 2.48. The third kappa shape index (κ3) is 11.5. The Hall–Kier alpha value is -1.15. The van der Waals surface area contributed by atoms with Crippen LogP contribution in [0.1, 0.15) is 58.8 Å². The molecule has 0 bridgehead atoms. The second kappa shape index (κ2) is 11.4. The number of esters is 1. The molecule has 22 heavy (non-hydrogen) atoms. The fraction of sp³-hybridized carbons (Fsp3) is 0.857. The van der Waals surface area contributed by atoms with Gasteiger partial charge in [0.1, 0.15) is 6.04 Å². The van der Waals surface area contributed by atoms with Crippen molar-refractivity contribution in [1.82, 2.24) is 5.32 Å². The minimum absolute atomic E-state index is 0.133. The van der Waals surface area contributed by atoms with Gasteiger partial charge in [-0.25, -0.2) is 4.79 Å². The smallest absolute Gasteiger partial charge is 0.328 e. The van der Waals surface area contributed by atoms with E-state index < -0.39 is 27.9 Å². The van der Waals surface area contributed by atoms with Crippen LogP contribution < -0.4 is 5.32 Å². The molecular weight excluding hydrogens is 310 g/mol. The Kier molecular flexibility index (Phi) is 10.8. The van der Waals surface area contributed by atoms with E-state index in [1.807, 2.05) is 0 Å². The molecule has 0 saturated heterocycles. The molecule has 0 aliphatic rings. The van der Waals surface area contributed by atoms with Crippen LogP contribution in [0.4, 0.5) is 0 Å². The maximum atomic E-state index is 11.8. The van der Waals surface area contributed by atoms with Crippen molar-refractivity contribution in [2.45, 2.75) is 64.8 Å². The van der Waals surface area contributed by atoms with Crippen molar-refractivity contribution < 1.29 is 27.3 Å². The second-order valence-electron chi connectivity index (χ2n) is 5.11. The van der Waals surface area contributed by atoms with Crippen LogP contribution >= 0.6 is 0 Å². The summed E-state index contributed by atoms with van der Waals surface area (Å²) in [6.45, 7) is 3.85. The summed E-state index contributed by atoms with van der Waals surface area (Å²) in [7, 11) is -4.19. The number of hydrogen-bond donors (Lipinski definition) is 2. The molecule has 0 fully saturated rings. The maximum Gasteiger partial charge on any atom is 0.328 e. The maximum absolute atomic E-state index is 11.8. The fourth-order valence-electron chi connectivity index (χ4n) is 1.91. The van der Waals surface area contributed by atoms with Gasteiger partial charge in [0.05, 0.1) is 12.4 Å². The summed E-state index contributed by atoms with van der Waals surface area (Å²) in [5.74, 6) is -1.61. The molecule has 8 heteroatoms. The third-order valence-electron chi connectivity index (χ3n) is 3.08. The molecule has 0 rings (SSSR count). The first-order valence-electron chi connectivity index (χ1n) is 7.71. The van der Waals surface area contributed by atoms with Gasteiger partial charge in [0.15, 0.2) is 0 Å². The number of hydrogen-bond acceptors (Lipinski definition) is 5. The van der Waals surface area contributed by atoms with E-state index in [-0.39, 0.29) is 25.4 Å². The van der Waals surface area contributed by atoms with Crippen LogP contribution in [-0.2, 0) is 24.4 Å². The van der Waals surface area contributed by atoms with E-state index in [4.69, 9.17) is 9.29 Å². The summed E-state index contributed by atoms with van der Waals surface area (Å²) < 4.78 is 35.1. The number of amides is 1. The van der Waals surface area contributed by atoms with Gasteiger partial charge < -0.3 is 10.1 Å². The molecule has 1 amide bonds. The van der Waals surface area contributed by atoms with Crippen LogP contribution in [0.2, 0.25) is 0 Å². The van der Waals surface area contributed by atoms with Crippen molar-refractivity contribution >= 4 is 22.0 Å². The molecule has 0 spiro atoms.